The fraction of sp³-hybridized carbons (Fsp3) is 0.0833. The summed E-state index contributed by atoms with van der Waals surface area (Å²) in [5.74, 6) is -0.564. The van der Waals surface area contributed by atoms with Gasteiger partial charge in [-0.15, -0.1) is 11.3 Å². The summed E-state index contributed by atoms with van der Waals surface area (Å²) in [4.78, 5) is 17.3. The van der Waals surface area contributed by atoms with Crippen molar-refractivity contribution in [3.63, 3.8) is 0 Å². The maximum atomic E-state index is 12.7. The van der Waals surface area contributed by atoms with E-state index in [1.165, 1.54) is 23.5 Å². The molecule has 3 aromatic carbocycles. The third-order valence-corrected chi connectivity index (χ3v) is 7.40. The molecule has 0 fully saturated rings. The van der Waals surface area contributed by atoms with E-state index in [9.17, 15) is 13.2 Å². The van der Waals surface area contributed by atoms with Crippen LogP contribution in [0.1, 0.15) is 17.3 Å². The highest BCUT2D eigenvalue weighted by Crippen LogP contribution is 2.28. The average molecular weight is 449 g/mol. The molecule has 1 N–H and O–H groups in total. The van der Waals surface area contributed by atoms with Crippen LogP contribution in [0, 0.1) is 0 Å². The number of hydrogen-bond donors (Lipinski definition) is 1. The summed E-state index contributed by atoms with van der Waals surface area (Å²) in [6.45, 7) is 1.56. The molecule has 1 aromatic heterocycles. The van der Waals surface area contributed by atoms with Crippen LogP contribution in [-0.4, -0.2) is 25.1 Å². The number of amides is 1. The van der Waals surface area contributed by atoms with Gasteiger partial charge in [-0.05, 0) is 23.3 Å². The summed E-state index contributed by atoms with van der Waals surface area (Å²) < 4.78 is 24.6. The molecule has 156 valence electrons. The van der Waals surface area contributed by atoms with Crippen LogP contribution in [0.15, 0.2) is 89.1 Å². The van der Waals surface area contributed by atoms with Gasteiger partial charge in [0.15, 0.2) is 15.0 Å². The summed E-state index contributed by atoms with van der Waals surface area (Å²) >= 11 is 1.29. The summed E-state index contributed by atoms with van der Waals surface area (Å²) in [6.07, 6.45) is 0. The van der Waals surface area contributed by atoms with Crippen molar-refractivity contribution in [2.45, 2.75) is 11.8 Å². The molecule has 1 heterocycles. The van der Waals surface area contributed by atoms with Gasteiger partial charge < -0.3 is 0 Å². The summed E-state index contributed by atoms with van der Waals surface area (Å²) in [5, 5.41) is 5.00. The standard InChI is InChI=1S/C24H20N2O3S2/c1-2-31(28,29)22-11-7-6-10-20(22)23(27)26-24-25-21(16-30-24)19-14-12-18(13-15-19)17-8-4-3-5-9-17/h3-16H,2H2,1H3,(H,25,26,27). The van der Waals surface area contributed by atoms with E-state index < -0.39 is 15.7 Å². The number of rotatable bonds is 6. The lowest BCUT2D eigenvalue weighted by Crippen LogP contribution is -2.17. The normalized spacial score (nSPS) is 11.3. The van der Waals surface area contributed by atoms with Crippen LogP contribution in [0.5, 0.6) is 0 Å². The smallest absolute Gasteiger partial charge is 0.258 e. The van der Waals surface area contributed by atoms with Gasteiger partial charge in [-0.25, -0.2) is 13.4 Å². The van der Waals surface area contributed by atoms with Crippen LogP contribution in [-0.2, 0) is 9.84 Å². The lowest BCUT2D eigenvalue weighted by Gasteiger charge is -2.08. The molecule has 4 rings (SSSR count). The Morgan fingerprint density at radius 1 is 0.871 bits per heavy atom. The number of sulfone groups is 1. The highest BCUT2D eigenvalue weighted by Gasteiger charge is 2.21. The Labute approximate surface area is 185 Å². The summed E-state index contributed by atoms with van der Waals surface area (Å²) in [6, 6.07) is 24.4. The van der Waals surface area contributed by atoms with Crippen molar-refractivity contribution in [1.82, 2.24) is 4.98 Å². The fourth-order valence-electron chi connectivity index (χ4n) is 3.17. The minimum atomic E-state index is -3.51. The molecule has 31 heavy (non-hydrogen) atoms. The Balaban J connectivity index is 1.53. The second-order valence-corrected chi connectivity index (χ2v) is 9.94. The molecule has 0 radical (unpaired) electrons. The van der Waals surface area contributed by atoms with Gasteiger partial charge in [0.1, 0.15) is 0 Å². The predicted molar refractivity (Wildman–Crippen MR) is 125 cm³/mol. The maximum Gasteiger partial charge on any atom is 0.258 e. The van der Waals surface area contributed by atoms with Gasteiger partial charge in [-0.1, -0.05) is 73.7 Å². The van der Waals surface area contributed by atoms with Crippen LogP contribution in [0.3, 0.4) is 0 Å². The first kappa shape index (κ1) is 21.0. The van der Waals surface area contributed by atoms with Gasteiger partial charge >= 0.3 is 0 Å². The lowest BCUT2D eigenvalue weighted by atomic mass is 10.0. The number of benzene rings is 3. The highest BCUT2D eigenvalue weighted by atomic mass is 32.2. The largest absolute Gasteiger partial charge is 0.298 e. The molecule has 0 spiro atoms. The average Bonchev–Trinajstić information content (AvgIpc) is 3.28. The molecule has 0 bridgehead atoms. The van der Waals surface area contributed by atoms with Gasteiger partial charge in [0, 0.05) is 10.9 Å². The molecular formula is C24H20N2O3S2. The molecule has 0 atom stereocenters. The van der Waals surface area contributed by atoms with Crippen molar-refractivity contribution >= 4 is 32.2 Å². The quantitative estimate of drug-likeness (QED) is 0.421. The predicted octanol–water partition coefficient (Wildman–Crippen LogP) is 5.52. The van der Waals surface area contributed by atoms with E-state index in [0.29, 0.717) is 5.13 Å². The van der Waals surface area contributed by atoms with Crippen LogP contribution in [0.4, 0.5) is 5.13 Å². The van der Waals surface area contributed by atoms with E-state index in [0.717, 1.165) is 22.4 Å². The van der Waals surface area contributed by atoms with Crippen LogP contribution < -0.4 is 5.32 Å². The molecule has 4 aromatic rings. The fourth-order valence-corrected chi connectivity index (χ4v) is 4.98. The Kier molecular flexibility index (Phi) is 5.97. The van der Waals surface area contributed by atoms with Crippen LogP contribution in [0.2, 0.25) is 0 Å². The number of carbonyl (C=O) groups is 1. The molecule has 1 amide bonds. The number of nitrogens with zero attached hydrogens (tertiary/aromatic N) is 1. The molecular weight excluding hydrogens is 428 g/mol. The van der Waals surface area contributed by atoms with E-state index in [2.05, 4.69) is 22.4 Å². The van der Waals surface area contributed by atoms with Crippen molar-refractivity contribution in [3.8, 4) is 22.4 Å². The molecule has 0 saturated carbocycles. The van der Waals surface area contributed by atoms with Crippen LogP contribution in [0.25, 0.3) is 22.4 Å². The number of hydrogen-bond acceptors (Lipinski definition) is 5. The number of anilines is 1. The van der Waals surface area contributed by atoms with E-state index in [1.807, 2.05) is 47.8 Å². The first-order valence-electron chi connectivity index (χ1n) is 9.72. The molecule has 0 aliphatic rings. The Hall–Kier alpha value is -3.29. The number of carbonyl (C=O) groups excluding carboxylic acids is 1. The topological polar surface area (TPSA) is 76.1 Å². The van der Waals surface area contributed by atoms with E-state index in [1.54, 1.807) is 19.1 Å². The first-order valence-corrected chi connectivity index (χ1v) is 12.3. The van der Waals surface area contributed by atoms with Gasteiger partial charge in [0.05, 0.1) is 21.9 Å². The van der Waals surface area contributed by atoms with E-state index >= 15 is 0 Å². The van der Waals surface area contributed by atoms with Gasteiger partial charge in [-0.3, -0.25) is 10.1 Å². The van der Waals surface area contributed by atoms with Crippen molar-refractivity contribution in [1.29, 1.82) is 0 Å². The third-order valence-electron chi connectivity index (χ3n) is 4.86. The zero-order valence-electron chi connectivity index (χ0n) is 16.8. The molecule has 7 heteroatoms. The first-order chi connectivity index (χ1) is 15.0. The molecule has 0 aliphatic heterocycles. The van der Waals surface area contributed by atoms with Crippen molar-refractivity contribution in [3.05, 3.63) is 89.8 Å². The molecule has 0 saturated heterocycles. The van der Waals surface area contributed by atoms with Gasteiger partial charge in [0.25, 0.3) is 5.91 Å². The molecule has 0 aliphatic carbocycles. The van der Waals surface area contributed by atoms with Crippen LogP contribution >= 0.6 is 11.3 Å². The lowest BCUT2D eigenvalue weighted by molar-refractivity contribution is 0.102. The Morgan fingerprint density at radius 3 is 2.19 bits per heavy atom. The minimum Gasteiger partial charge on any atom is -0.298 e. The minimum absolute atomic E-state index is 0.0308. The van der Waals surface area contributed by atoms with Crippen molar-refractivity contribution in [2.75, 3.05) is 11.1 Å². The van der Waals surface area contributed by atoms with Crippen molar-refractivity contribution in [2.24, 2.45) is 0 Å². The summed E-state index contributed by atoms with van der Waals surface area (Å²) in [7, 11) is -3.51. The number of aromatic nitrogens is 1. The third kappa shape index (κ3) is 4.57. The van der Waals surface area contributed by atoms with Gasteiger partial charge in [0.2, 0.25) is 0 Å². The Bertz CT molecular complexity index is 1310. The Morgan fingerprint density at radius 2 is 1.48 bits per heavy atom. The second-order valence-electron chi connectivity index (χ2n) is 6.83. The van der Waals surface area contributed by atoms with Gasteiger partial charge in [-0.2, -0.15) is 0 Å². The highest BCUT2D eigenvalue weighted by molar-refractivity contribution is 7.91. The molecule has 5 nitrogen and oxygen atoms in total. The number of thiazole rings is 1. The number of nitrogens with one attached hydrogen (secondary N) is 1. The second kappa shape index (κ2) is 8.83. The zero-order chi connectivity index (χ0) is 21.8. The van der Waals surface area contributed by atoms with E-state index in [4.69, 9.17) is 0 Å². The van der Waals surface area contributed by atoms with Crippen molar-refractivity contribution < 1.29 is 13.2 Å². The molecule has 0 unspecified atom stereocenters. The summed E-state index contributed by atoms with van der Waals surface area (Å²) in [5.41, 5.74) is 4.05. The maximum absolute atomic E-state index is 12.7. The van der Waals surface area contributed by atoms with E-state index in [-0.39, 0.29) is 16.2 Å². The monoisotopic (exact) mass is 448 g/mol. The SMILES string of the molecule is CCS(=O)(=O)c1ccccc1C(=O)Nc1nc(-c2ccc(-c3ccccc3)cc2)cs1. The zero-order valence-corrected chi connectivity index (χ0v) is 18.4.